The summed E-state index contributed by atoms with van der Waals surface area (Å²) in [5.74, 6) is -0.631. The third-order valence-corrected chi connectivity index (χ3v) is 3.20. The number of hydrogen-bond acceptors (Lipinski definition) is 2. The van der Waals surface area contributed by atoms with Gasteiger partial charge in [-0.25, -0.2) is 0 Å². The first-order valence-corrected chi connectivity index (χ1v) is 6.22. The lowest BCUT2D eigenvalue weighted by molar-refractivity contribution is -0.143. The van der Waals surface area contributed by atoms with Gasteiger partial charge in [0.15, 0.2) is 0 Å². The van der Waals surface area contributed by atoms with E-state index in [9.17, 15) is 4.79 Å². The van der Waals surface area contributed by atoms with Gasteiger partial charge in [0, 0.05) is 0 Å². The maximum atomic E-state index is 11.1. The van der Waals surface area contributed by atoms with Gasteiger partial charge < -0.3 is 5.11 Å². The Kier molecular flexibility index (Phi) is 5.69. The van der Waals surface area contributed by atoms with Crippen LogP contribution in [0.1, 0.15) is 51.9 Å². The highest BCUT2D eigenvalue weighted by atomic mass is 16.4. The molecule has 1 unspecified atom stereocenters. The number of unbranched alkanes of at least 4 members (excludes halogenated alkanes) is 2. The summed E-state index contributed by atoms with van der Waals surface area (Å²) in [5.41, 5.74) is 0. The molecule has 0 aromatic rings. The first-order valence-electron chi connectivity index (χ1n) is 6.22. The molecule has 0 aliphatic carbocycles. The van der Waals surface area contributed by atoms with Crippen molar-refractivity contribution in [2.24, 2.45) is 0 Å². The Morgan fingerprint density at radius 2 is 2.13 bits per heavy atom. The van der Waals surface area contributed by atoms with E-state index in [1.165, 1.54) is 19.3 Å². The normalized spacial score (nSPS) is 23.7. The Labute approximate surface area is 92.5 Å². The Morgan fingerprint density at radius 1 is 1.33 bits per heavy atom. The van der Waals surface area contributed by atoms with E-state index in [0.717, 1.165) is 38.8 Å². The number of likely N-dealkylation sites (tertiary alicyclic amines) is 1. The second-order valence-corrected chi connectivity index (χ2v) is 4.45. The second kappa shape index (κ2) is 6.83. The monoisotopic (exact) mass is 213 g/mol. The molecule has 0 aromatic heterocycles. The summed E-state index contributed by atoms with van der Waals surface area (Å²) in [6.07, 6.45) is 7.81. The average Bonchev–Trinajstić information content (AvgIpc) is 2.43. The van der Waals surface area contributed by atoms with Gasteiger partial charge in [-0.3, -0.25) is 9.69 Å². The fourth-order valence-corrected chi connectivity index (χ4v) is 2.28. The Balaban J connectivity index is 2.43. The molecule has 88 valence electrons. The van der Waals surface area contributed by atoms with Crippen LogP contribution >= 0.6 is 0 Å². The van der Waals surface area contributed by atoms with E-state index >= 15 is 0 Å². The van der Waals surface area contributed by atoms with E-state index < -0.39 is 5.97 Å². The first-order chi connectivity index (χ1) is 7.25. The summed E-state index contributed by atoms with van der Waals surface area (Å²) in [6.45, 7) is 4.11. The number of carboxylic acids is 1. The van der Waals surface area contributed by atoms with Gasteiger partial charge in [0.2, 0.25) is 0 Å². The molecule has 1 rings (SSSR count). The van der Waals surface area contributed by atoms with Crippen molar-refractivity contribution in [2.45, 2.75) is 57.9 Å². The minimum atomic E-state index is -0.631. The van der Waals surface area contributed by atoms with Crippen LogP contribution in [0.25, 0.3) is 0 Å². The zero-order chi connectivity index (χ0) is 11.1. The highest BCUT2D eigenvalue weighted by molar-refractivity contribution is 5.73. The summed E-state index contributed by atoms with van der Waals surface area (Å²) < 4.78 is 0. The maximum Gasteiger partial charge on any atom is 0.320 e. The van der Waals surface area contributed by atoms with Crippen LogP contribution in [0.2, 0.25) is 0 Å². The summed E-state index contributed by atoms with van der Waals surface area (Å²) in [4.78, 5) is 13.3. The standard InChI is InChI=1S/C12H23NO2/c1-2-3-6-9-13-10-7-4-5-8-11(13)12(14)15/h11H,2-10H2,1H3,(H,14,15). The van der Waals surface area contributed by atoms with Gasteiger partial charge in [0.05, 0.1) is 0 Å². The topological polar surface area (TPSA) is 40.5 Å². The number of aliphatic carboxylic acids is 1. The van der Waals surface area contributed by atoms with Gasteiger partial charge in [0.1, 0.15) is 6.04 Å². The zero-order valence-corrected chi connectivity index (χ0v) is 9.74. The molecule has 0 saturated carbocycles. The molecule has 1 aliphatic rings. The molecule has 3 heteroatoms. The quantitative estimate of drug-likeness (QED) is 0.713. The molecule has 1 heterocycles. The van der Waals surface area contributed by atoms with Crippen LogP contribution in [0.15, 0.2) is 0 Å². The lowest BCUT2D eigenvalue weighted by Crippen LogP contribution is -2.41. The molecule has 15 heavy (non-hydrogen) atoms. The molecule has 0 radical (unpaired) electrons. The average molecular weight is 213 g/mol. The van der Waals surface area contributed by atoms with Crippen molar-refractivity contribution in [3.8, 4) is 0 Å². The smallest absolute Gasteiger partial charge is 0.320 e. The molecule has 0 spiro atoms. The van der Waals surface area contributed by atoms with Crippen LogP contribution in [-0.2, 0) is 4.79 Å². The third-order valence-electron chi connectivity index (χ3n) is 3.20. The van der Waals surface area contributed by atoms with Crippen molar-refractivity contribution in [3.05, 3.63) is 0 Å². The van der Waals surface area contributed by atoms with Gasteiger partial charge in [-0.2, -0.15) is 0 Å². The SMILES string of the molecule is CCCCCN1CCCCCC1C(=O)O. The van der Waals surface area contributed by atoms with Crippen molar-refractivity contribution in [3.63, 3.8) is 0 Å². The van der Waals surface area contributed by atoms with E-state index in [1.807, 2.05) is 0 Å². The molecule has 1 fully saturated rings. The third kappa shape index (κ3) is 4.20. The summed E-state index contributed by atoms with van der Waals surface area (Å²) in [5, 5.41) is 9.15. The second-order valence-electron chi connectivity index (χ2n) is 4.45. The van der Waals surface area contributed by atoms with Gasteiger partial charge in [-0.1, -0.05) is 32.6 Å². The number of carbonyl (C=O) groups is 1. The van der Waals surface area contributed by atoms with Crippen molar-refractivity contribution in [1.82, 2.24) is 4.90 Å². The zero-order valence-electron chi connectivity index (χ0n) is 9.74. The Morgan fingerprint density at radius 3 is 2.80 bits per heavy atom. The minimum absolute atomic E-state index is 0.218. The molecule has 0 amide bonds. The number of carboxylic acid groups (broad SMARTS) is 1. The van der Waals surface area contributed by atoms with Crippen molar-refractivity contribution < 1.29 is 9.90 Å². The molecule has 3 nitrogen and oxygen atoms in total. The largest absolute Gasteiger partial charge is 0.480 e. The van der Waals surface area contributed by atoms with E-state index in [4.69, 9.17) is 5.11 Å². The van der Waals surface area contributed by atoms with Gasteiger partial charge in [-0.05, 0) is 32.4 Å². The number of nitrogens with zero attached hydrogens (tertiary/aromatic N) is 1. The lowest BCUT2D eigenvalue weighted by Gasteiger charge is -2.26. The Bertz CT molecular complexity index is 194. The van der Waals surface area contributed by atoms with Crippen LogP contribution in [0.5, 0.6) is 0 Å². The van der Waals surface area contributed by atoms with Crippen LogP contribution in [0, 0.1) is 0 Å². The predicted octanol–water partition coefficient (Wildman–Crippen LogP) is 2.51. The van der Waals surface area contributed by atoms with Crippen molar-refractivity contribution in [2.75, 3.05) is 13.1 Å². The van der Waals surface area contributed by atoms with E-state index in [2.05, 4.69) is 11.8 Å². The minimum Gasteiger partial charge on any atom is -0.480 e. The summed E-state index contributed by atoms with van der Waals surface area (Å²) in [7, 11) is 0. The van der Waals surface area contributed by atoms with Crippen LogP contribution in [-0.4, -0.2) is 35.1 Å². The van der Waals surface area contributed by atoms with Crippen LogP contribution in [0.4, 0.5) is 0 Å². The molecule has 1 atom stereocenters. The first kappa shape index (κ1) is 12.5. The molecular weight excluding hydrogens is 190 g/mol. The highest BCUT2D eigenvalue weighted by Crippen LogP contribution is 2.17. The number of rotatable bonds is 5. The van der Waals surface area contributed by atoms with Crippen LogP contribution < -0.4 is 0 Å². The fourth-order valence-electron chi connectivity index (χ4n) is 2.28. The van der Waals surface area contributed by atoms with Crippen LogP contribution in [0.3, 0.4) is 0 Å². The van der Waals surface area contributed by atoms with Gasteiger partial charge in [0.25, 0.3) is 0 Å². The van der Waals surface area contributed by atoms with Gasteiger partial charge >= 0.3 is 5.97 Å². The summed E-state index contributed by atoms with van der Waals surface area (Å²) >= 11 is 0. The molecule has 1 aliphatic heterocycles. The summed E-state index contributed by atoms with van der Waals surface area (Å²) in [6, 6.07) is -0.218. The fraction of sp³-hybridized carbons (Fsp3) is 0.917. The Hall–Kier alpha value is -0.570. The van der Waals surface area contributed by atoms with E-state index in [0.29, 0.717) is 0 Å². The van der Waals surface area contributed by atoms with Crippen molar-refractivity contribution in [1.29, 1.82) is 0 Å². The predicted molar refractivity (Wildman–Crippen MR) is 61.0 cm³/mol. The molecule has 1 N–H and O–H groups in total. The maximum absolute atomic E-state index is 11.1. The molecular formula is C12H23NO2. The molecule has 0 aromatic carbocycles. The lowest BCUT2D eigenvalue weighted by atomic mass is 10.1. The van der Waals surface area contributed by atoms with Crippen molar-refractivity contribution >= 4 is 5.97 Å². The van der Waals surface area contributed by atoms with Gasteiger partial charge in [-0.15, -0.1) is 0 Å². The van der Waals surface area contributed by atoms with E-state index in [1.54, 1.807) is 0 Å². The molecule has 1 saturated heterocycles. The molecule has 0 bridgehead atoms. The highest BCUT2D eigenvalue weighted by Gasteiger charge is 2.26. The van der Waals surface area contributed by atoms with E-state index in [-0.39, 0.29) is 6.04 Å². The number of hydrogen-bond donors (Lipinski definition) is 1.